The highest BCUT2D eigenvalue weighted by molar-refractivity contribution is 6.08. The largest absolute Gasteiger partial charge is 0.334 e. The van der Waals surface area contributed by atoms with Gasteiger partial charge in [-0.2, -0.15) is 0 Å². The first-order chi connectivity index (χ1) is 18.4. The lowest BCUT2D eigenvalue weighted by Crippen LogP contribution is -2.37. The zero-order valence-electron chi connectivity index (χ0n) is 26.4. The number of carbonyl (C=O) groups excluding carboxylic acids is 1. The molecule has 1 aliphatic carbocycles. The molecule has 0 aliphatic heterocycles. The highest BCUT2D eigenvalue weighted by Gasteiger charge is 2.38. The van der Waals surface area contributed by atoms with E-state index in [1.807, 2.05) is 0 Å². The molecule has 2 aromatic carbocycles. The molecule has 0 saturated heterocycles. The van der Waals surface area contributed by atoms with Crippen molar-refractivity contribution in [2.75, 3.05) is 19.4 Å². The van der Waals surface area contributed by atoms with Crippen LogP contribution in [-0.2, 0) is 0 Å². The standard InChI is InChI=1S/C23H24FN3O2/c1-14-19(17-10-7-11-18(24)20(17)23(29)27(14)25-2)22(28)26(3)21(16-12-13-16)15-8-5-4-6-9-15/h4-11,16,21,25H,12-13H2,1-3H3/t21-/m1/s1/i1D3,3D3,4D,5D,6D,8D,9D. The van der Waals surface area contributed by atoms with E-state index >= 15 is 0 Å². The molecule has 0 unspecified atom stereocenters. The molecule has 6 heteroatoms. The van der Waals surface area contributed by atoms with Crippen molar-refractivity contribution >= 4 is 16.7 Å². The van der Waals surface area contributed by atoms with Crippen LogP contribution < -0.4 is 11.0 Å². The van der Waals surface area contributed by atoms with E-state index in [4.69, 9.17) is 15.1 Å². The van der Waals surface area contributed by atoms with Gasteiger partial charge < -0.3 is 10.3 Å². The smallest absolute Gasteiger partial charge is 0.279 e. The van der Waals surface area contributed by atoms with Crippen LogP contribution in [-0.4, -0.2) is 29.5 Å². The minimum atomic E-state index is -3.32. The molecule has 1 saturated carbocycles. The number of nitrogens with one attached hydrogen (secondary N) is 1. The first-order valence-electron chi connectivity index (χ1n) is 14.4. The number of rotatable bonds is 5. The summed E-state index contributed by atoms with van der Waals surface area (Å²) in [5.41, 5.74) is -0.917. The van der Waals surface area contributed by atoms with Crippen molar-refractivity contribution in [3.8, 4) is 0 Å². The molecule has 1 aromatic heterocycles. The predicted molar refractivity (Wildman–Crippen MR) is 112 cm³/mol. The summed E-state index contributed by atoms with van der Waals surface area (Å²) in [6, 6.07) is -2.02. The van der Waals surface area contributed by atoms with Gasteiger partial charge in [0.2, 0.25) is 0 Å². The summed E-state index contributed by atoms with van der Waals surface area (Å²) < 4.78 is 105. The van der Waals surface area contributed by atoms with Gasteiger partial charge in [-0.1, -0.05) is 42.3 Å². The Morgan fingerprint density at radius 3 is 2.72 bits per heavy atom. The van der Waals surface area contributed by atoms with Crippen LogP contribution in [0.2, 0.25) is 0 Å². The van der Waals surface area contributed by atoms with Crippen molar-refractivity contribution < 1.29 is 24.3 Å². The summed E-state index contributed by atoms with van der Waals surface area (Å²) in [6.45, 7) is -6.50. The van der Waals surface area contributed by atoms with E-state index in [0.717, 1.165) is 18.2 Å². The number of hydrogen-bond acceptors (Lipinski definition) is 3. The maximum absolute atomic E-state index is 14.9. The lowest BCUT2D eigenvalue weighted by molar-refractivity contribution is 0.0711. The second kappa shape index (κ2) is 7.35. The topological polar surface area (TPSA) is 54.3 Å². The van der Waals surface area contributed by atoms with Crippen molar-refractivity contribution in [1.29, 1.82) is 0 Å². The van der Waals surface area contributed by atoms with Gasteiger partial charge in [-0.05, 0) is 37.2 Å². The maximum atomic E-state index is 14.9. The van der Waals surface area contributed by atoms with Gasteiger partial charge in [0.1, 0.15) is 5.82 Å². The lowest BCUT2D eigenvalue weighted by atomic mass is 9.98. The molecule has 4 rings (SSSR count). The van der Waals surface area contributed by atoms with Crippen molar-refractivity contribution in [3.63, 3.8) is 0 Å². The van der Waals surface area contributed by atoms with Gasteiger partial charge in [-0.15, -0.1) is 0 Å². The Hall–Kier alpha value is -3.15. The molecule has 0 radical (unpaired) electrons. The van der Waals surface area contributed by atoms with Gasteiger partial charge in [-0.25, -0.2) is 9.07 Å². The summed E-state index contributed by atoms with van der Waals surface area (Å²) in [5.74, 6) is -3.15. The predicted octanol–water partition coefficient (Wildman–Crippen LogP) is 3.85. The van der Waals surface area contributed by atoms with E-state index in [0.29, 0.717) is 22.4 Å². The number of halogens is 1. The molecular weight excluding hydrogens is 369 g/mol. The van der Waals surface area contributed by atoms with Gasteiger partial charge in [0.05, 0.1) is 29.5 Å². The highest BCUT2D eigenvalue weighted by Crippen LogP contribution is 2.44. The van der Waals surface area contributed by atoms with Gasteiger partial charge in [-0.3, -0.25) is 9.59 Å². The molecule has 0 bridgehead atoms. The molecule has 150 valence electrons. The van der Waals surface area contributed by atoms with E-state index in [2.05, 4.69) is 5.43 Å². The lowest BCUT2D eigenvalue weighted by Gasteiger charge is -2.30. The average molecular weight is 405 g/mol. The minimum absolute atomic E-state index is 0.317. The molecule has 29 heavy (non-hydrogen) atoms. The van der Waals surface area contributed by atoms with Crippen LogP contribution in [0.15, 0.2) is 53.2 Å². The van der Waals surface area contributed by atoms with E-state index in [-0.39, 0.29) is 0 Å². The number of fused-ring (bicyclic) bond motifs is 1. The van der Waals surface area contributed by atoms with Crippen LogP contribution in [0.3, 0.4) is 0 Å². The minimum Gasteiger partial charge on any atom is -0.334 e. The van der Waals surface area contributed by atoms with Crippen LogP contribution in [0, 0.1) is 18.6 Å². The fraction of sp³-hybridized carbons (Fsp3) is 0.304. The van der Waals surface area contributed by atoms with Gasteiger partial charge in [0.25, 0.3) is 11.5 Å². The highest BCUT2D eigenvalue weighted by atomic mass is 19.1. The molecule has 1 heterocycles. The summed E-state index contributed by atoms with van der Waals surface area (Å²) in [6.07, 6.45) is 0.703. The zero-order valence-corrected chi connectivity index (χ0v) is 15.4. The van der Waals surface area contributed by atoms with Crippen LogP contribution in [0.4, 0.5) is 4.39 Å². The maximum Gasteiger partial charge on any atom is 0.279 e. The van der Waals surface area contributed by atoms with Crippen molar-refractivity contribution in [2.24, 2.45) is 5.92 Å². The SMILES string of the molecule is [2H]c1c([2H])c([2H])c([C@H](C2CC2)N(C(=O)c2c(C([2H])([2H])[2H])n(NC)c(=O)c3c(F)cccc23)C([2H])([2H])[2H])c([2H])c1[2H]. The third-order valence-electron chi connectivity index (χ3n) is 4.98. The Bertz CT molecular complexity index is 1570. The van der Waals surface area contributed by atoms with Crippen LogP contribution in [0.1, 0.15) is 55.6 Å². The normalized spacial score (nSPS) is 21.0. The molecule has 3 aromatic rings. The summed E-state index contributed by atoms with van der Waals surface area (Å²) in [7, 11) is 1.17. The molecule has 0 spiro atoms. The number of amides is 1. The van der Waals surface area contributed by atoms with Crippen molar-refractivity contribution in [1.82, 2.24) is 9.58 Å². The number of carbonyl (C=O) groups is 1. The Morgan fingerprint density at radius 1 is 1.34 bits per heavy atom. The zero-order chi connectivity index (χ0) is 30.1. The Labute approximate surface area is 184 Å². The molecule has 1 fully saturated rings. The summed E-state index contributed by atoms with van der Waals surface area (Å²) in [4.78, 5) is 27.8. The third-order valence-corrected chi connectivity index (χ3v) is 4.98. The number of nitrogens with zero attached hydrogens (tertiary/aromatic N) is 2. The fourth-order valence-corrected chi connectivity index (χ4v) is 3.47. The van der Waals surface area contributed by atoms with E-state index in [1.165, 1.54) is 7.05 Å². The molecular formula is C23H24FN3O2. The van der Waals surface area contributed by atoms with Gasteiger partial charge in [0, 0.05) is 27.6 Å². The Balaban J connectivity index is 2.14. The van der Waals surface area contributed by atoms with Gasteiger partial charge in [0.15, 0.2) is 0 Å². The molecule has 1 aliphatic rings. The number of pyridine rings is 1. The third kappa shape index (κ3) is 3.18. The average Bonchev–Trinajstić information content (AvgIpc) is 3.69. The summed E-state index contributed by atoms with van der Waals surface area (Å²) in [5, 5.41) is -1.11. The number of aromatic nitrogens is 1. The van der Waals surface area contributed by atoms with Crippen LogP contribution in [0.25, 0.3) is 10.8 Å². The van der Waals surface area contributed by atoms with Crippen LogP contribution in [0.5, 0.6) is 0 Å². The summed E-state index contributed by atoms with van der Waals surface area (Å²) >= 11 is 0. The molecule has 1 amide bonds. The number of hydrogen-bond donors (Lipinski definition) is 1. The van der Waals surface area contributed by atoms with Crippen molar-refractivity contribution in [2.45, 2.75) is 25.7 Å². The Kier molecular flexibility index (Phi) is 2.55. The van der Waals surface area contributed by atoms with E-state index in [9.17, 15) is 14.0 Å². The second-order valence-corrected chi connectivity index (χ2v) is 6.75. The first kappa shape index (κ1) is 10.1. The number of benzene rings is 2. The van der Waals surface area contributed by atoms with E-state index in [1.54, 1.807) is 0 Å². The molecule has 1 N–H and O–H groups in total. The van der Waals surface area contributed by atoms with E-state index < -0.39 is 101 Å². The molecule has 5 nitrogen and oxygen atoms in total. The van der Waals surface area contributed by atoms with Gasteiger partial charge >= 0.3 is 0 Å². The van der Waals surface area contributed by atoms with Crippen LogP contribution >= 0.6 is 0 Å². The van der Waals surface area contributed by atoms with Crippen molar-refractivity contribution in [3.05, 3.63) is 81.4 Å². The second-order valence-electron chi connectivity index (χ2n) is 6.75. The fourth-order valence-electron chi connectivity index (χ4n) is 3.47. The first-order valence-corrected chi connectivity index (χ1v) is 8.91. The molecule has 1 atom stereocenters. The monoisotopic (exact) mass is 404 g/mol. The quantitative estimate of drug-likeness (QED) is 0.703. The Morgan fingerprint density at radius 2 is 2.10 bits per heavy atom.